The minimum absolute atomic E-state index is 0.0195. The Morgan fingerprint density at radius 3 is 2.65 bits per heavy atom. The summed E-state index contributed by atoms with van der Waals surface area (Å²) in [5.41, 5.74) is 0.395. The summed E-state index contributed by atoms with van der Waals surface area (Å²) in [6, 6.07) is 6.15. The third-order valence-corrected chi connectivity index (χ3v) is 3.41. The molecule has 0 spiro atoms. The molecule has 0 radical (unpaired) electrons. The van der Waals surface area contributed by atoms with Gasteiger partial charge in [0.1, 0.15) is 12.0 Å². The van der Waals surface area contributed by atoms with E-state index in [1.807, 2.05) is 0 Å². The lowest BCUT2D eigenvalue weighted by Gasteiger charge is -2.31. The molecule has 1 aromatic rings. The zero-order valence-corrected chi connectivity index (χ0v) is 9.27. The molecule has 1 aliphatic carbocycles. The number of rotatable bonds is 2. The molecule has 1 aromatic carbocycles. The number of carboxylic acids is 1. The van der Waals surface area contributed by atoms with Crippen molar-refractivity contribution in [1.82, 2.24) is 0 Å². The molecule has 2 nitrogen and oxygen atoms in total. The van der Waals surface area contributed by atoms with Crippen LogP contribution in [0.4, 0.5) is 8.78 Å². The van der Waals surface area contributed by atoms with Crippen molar-refractivity contribution in [3.63, 3.8) is 0 Å². The van der Waals surface area contributed by atoms with Crippen LogP contribution in [0.3, 0.4) is 0 Å². The van der Waals surface area contributed by atoms with Crippen LogP contribution in [0.1, 0.15) is 30.7 Å². The Balaban J connectivity index is 2.30. The Labute approximate surface area is 98.3 Å². The summed E-state index contributed by atoms with van der Waals surface area (Å²) < 4.78 is 26.8. The Bertz CT molecular complexity index is 420. The van der Waals surface area contributed by atoms with Crippen molar-refractivity contribution in [2.45, 2.75) is 31.4 Å². The van der Waals surface area contributed by atoms with Crippen LogP contribution in [0.15, 0.2) is 24.3 Å². The van der Waals surface area contributed by atoms with E-state index in [0.717, 1.165) is 0 Å². The second kappa shape index (κ2) is 4.82. The van der Waals surface area contributed by atoms with Crippen LogP contribution in [-0.2, 0) is 4.79 Å². The van der Waals surface area contributed by atoms with Gasteiger partial charge in [-0.15, -0.1) is 0 Å². The molecule has 3 unspecified atom stereocenters. The van der Waals surface area contributed by atoms with Gasteiger partial charge in [0.15, 0.2) is 0 Å². The molecule has 0 heterocycles. The first-order chi connectivity index (χ1) is 8.09. The van der Waals surface area contributed by atoms with Gasteiger partial charge >= 0.3 is 5.97 Å². The zero-order chi connectivity index (χ0) is 12.4. The van der Waals surface area contributed by atoms with Crippen molar-refractivity contribution in [2.24, 2.45) is 5.92 Å². The van der Waals surface area contributed by atoms with E-state index in [-0.39, 0.29) is 6.42 Å². The highest BCUT2D eigenvalue weighted by atomic mass is 19.1. The summed E-state index contributed by atoms with van der Waals surface area (Å²) in [5.74, 6) is -2.68. The van der Waals surface area contributed by atoms with E-state index in [4.69, 9.17) is 5.11 Å². The minimum Gasteiger partial charge on any atom is -0.481 e. The van der Waals surface area contributed by atoms with Crippen LogP contribution >= 0.6 is 0 Å². The van der Waals surface area contributed by atoms with Crippen molar-refractivity contribution in [3.05, 3.63) is 35.6 Å². The van der Waals surface area contributed by atoms with Gasteiger partial charge in [0.05, 0.1) is 5.92 Å². The first-order valence-electron chi connectivity index (χ1n) is 5.71. The van der Waals surface area contributed by atoms with Crippen molar-refractivity contribution < 1.29 is 18.7 Å². The molecule has 0 amide bonds. The monoisotopic (exact) mass is 240 g/mol. The normalized spacial score (nSPS) is 28.9. The molecule has 1 aliphatic rings. The molecule has 0 saturated heterocycles. The minimum atomic E-state index is -1.08. The van der Waals surface area contributed by atoms with E-state index in [1.165, 1.54) is 6.07 Å². The number of hydrogen-bond donors (Lipinski definition) is 1. The third kappa shape index (κ3) is 2.46. The maximum Gasteiger partial charge on any atom is 0.307 e. The fourth-order valence-electron chi connectivity index (χ4n) is 2.54. The van der Waals surface area contributed by atoms with Crippen molar-refractivity contribution in [3.8, 4) is 0 Å². The van der Waals surface area contributed by atoms with E-state index in [9.17, 15) is 13.6 Å². The number of benzene rings is 1. The number of alkyl halides is 1. The Morgan fingerprint density at radius 1 is 1.29 bits per heavy atom. The summed E-state index contributed by atoms with van der Waals surface area (Å²) in [5, 5.41) is 9.09. The van der Waals surface area contributed by atoms with Crippen molar-refractivity contribution in [1.29, 1.82) is 0 Å². The number of aliphatic carboxylic acids is 1. The molecule has 1 N–H and O–H groups in total. The molecule has 92 valence electrons. The van der Waals surface area contributed by atoms with Gasteiger partial charge in [0.25, 0.3) is 0 Å². The molecular weight excluding hydrogens is 226 g/mol. The van der Waals surface area contributed by atoms with Gasteiger partial charge in [-0.05, 0) is 30.9 Å². The summed E-state index contributed by atoms with van der Waals surface area (Å²) >= 11 is 0. The average Bonchev–Trinajstić information content (AvgIpc) is 2.30. The molecule has 1 saturated carbocycles. The van der Waals surface area contributed by atoms with Gasteiger partial charge in [-0.25, -0.2) is 8.78 Å². The van der Waals surface area contributed by atoms with Crippen molar-refractivity contribution >= 4 is 5.97 Å². The van der Waals surface area contributed by atoms with E-state index in [2.05, 4.69) is 0 Å². The largest absolute Gasteiger partial charge is 0.481 e. The Morgan fingerprint density at radius 2 is 2.00 bits per heavy atom. The predicted octanol–water partition coefficient (Wildman–Crippen LogP) is 3.13. The van der Waals surface area contributed by atoms with Crippen molar-refractivity contribution in [2.75, 3.05) is 0 Å². The van der Waals surface area contributed by atoms with Crippen LogP contribution in [0.25, 0.3) is 0 Å². The zero-order valence-electron chi connectivity index (χ0n) is 9.27. The summed E-state index contributed by atoms with van der Waals surface area (Å²) in [6.45, 7) is 0. The van der Waals surface area contributed by atoms with Gasteiger partial charge in [-0.3, -0.25) is 4.79 Å². The fourth-order valence-corrected chi connectivity index (χ4v) is 2.54. The van der Waals surface area contributed by atoms with Crippen LogP contribution in [0, 0.1) is 11.7 Å². The first kappa shape index (κ1) is 12.0. The molecule has 3 atom stereocenters. The Hall–Kier alpha value is -1.45. The first-order valence-corrected chi connectivity index (χ1v) is 5.71. The van der Waals surface area contributed by atoms with Crippen LogP contribution in [-0.4, -0.2) is 17.2 Å². The van der Waals surface area contributed by atoms with Gasteiger partial charge in [0.2, 0.25) is 0 Å². The molecule has 1 fully saturated rings. The lowest BCUT2D eigenvalue weighted by Crippen LogP contribution is -2.30. The highest BCUT2D eigenvalue weighted by Crippen LogP contribution is 2.39. The van der Waals surface area contributed by atoms with E-state index in [0.29, 0.717) is 18.4 Å². The number of hydrogen-bond acceptors (Lipinski definition) is 1. The molecule has 17 heavy (non-hydrogen) atoms. The van der Waals surface area contributed by atoms with E-state index in [1.54, 1.807) is 18.2 Å². The van der Waals surface area contributed by atoms with E-state index >= 15 is 0 Å². The summed E-state index contributed by atoms with van der Waals surface area (Å²) in [7, 11) is 0. The molecule has 0 aliphatic heterocycles. The van der Waals surface area contributed by atoms with E-state index < -0.39 is 29.8 Å². The standard InChI is InChI=1S/C13H14F2O2/c14-8-5-6-9(11(7-8)13(16)17)10-3-1-2-4-12(10)15/h1-4,8-9,11H,5-7H2,(H,16,17). The second-order valence-corrected chi connectivity index (χ2v) is 4.48. The van der Waals surface area contributed by atoms with Gasteiger partial charge < -0.3 is 5.11 Å². The quantitative estimate of drug-likeness (QED) is 0.862. The molecule has 4 heteroatoms. The van der Waals surface area contributed by atoms with Crippen LogP contribution in [0.2, 0.25) is 0 Å². The highest BCUT2D eigenvalue weighted by Gasteiger charge is 2.37. The van der Waals surface area contributed by atoms with Gasteiger partial charge in [-0.1, -0.05) is 18.2 Å². The third-order valence-electron chi connectivity index (χ3n) is 3.41. The van der Waals surface area contributed by atoms with Gasteiger partial charge in [0, 0.05) is 5.92 Å². The lowest BCUT2D eigenvalue weighted by atomic mass is 9.74. The molecule has 2 rings (SSSR count). The maximum atomic E-state index is 13.6. The molecule has 0 aromatic heterocycles. The average molecular weight is 240 g/mol. The lowest BCUT2D eigenvalue weighted by molar-refractivity contribution is -0.144. The van der Waals surface area contributed by atoms with Gasteiger partial charge in [-0.2, -0.15) is 0 Å². The highest BCUT2D eigenvalue weighted by molar-refractivity contribution is 5.71. The smallest absolute Gasteiger partial charge is 0.307 e. The Kier molecular flexibility index (Phi) is 3.41. The SMILES string of the molecule is O=C(O)C1CC(F)CCC1c1ccccc1F. The van der Waals surface area contributed by atoms with Crippen LogP contribution in [0.5, 0.6) is 0 Å². The number of carbonyl (C=O) groups is 1. The second-order valence-electron chi connectivity index (χ2n) is 4.48. The summed E-state index contributed by atoms with van der Waals surface area (Å²) in [6.07, 6.45) is -0.407. The topological polar surface area (TPSA) is 37.3 Å². The summed E-state index contributed by atoms with van der Waals surface area (Å²) in [4.78, 5) is 11.1. The number of carboxylic acid groups (broad SMARTS) is 1. The van der Waals surface area contributed by atoms with Crippen LogP contribution < -0.4 is 0 Å². The molecule has 0 bridgehead atoms. The fraction of sp³-hybridized carbons (Fsp3) is 0.462. The molecular formula is C13H14F2O2. The number of halogens is 2. The predicted molar refractivity (Wildman–Crippen MR) is 59.0 cm³/mol. The maximum absolute atomic E-state index is 13.6.